The van der Waals surface area contributed by atoms with Crippen molar-refractivity contribution in [3.63, 3.8) is 0 Å². The summed E-state index contributed by atoms with van der Waals surface area (Å²) in [6, 6.07) is 16.0. The van der Waals surface area contributed by atoms with Gasteiger partial charge in [0.05, 0.1) is 12.6 Å². The van der Waals surface area contributed by atoms with Crippen LogP contribution in [0.25, 0.3) is 10.8 Å². The number of nitrogens with zero attached hydrogens (tertiary/aromatic N) is 2. The fraction of sp³-hybridized carbons (Fsp3) is 0.263. The number of carbonyl (C=O) groups is 1. The minimum absolute atomic E-state index is 0.0214. The van der Waals surface area contributed by atoms with Gasteiger partial charge < -0.3 is 5.32 Å². The van der Waals surface area contributed by atoms with Crippen LogP contribution in [0.3, 0.4) is 0 Å². The average Bonchev–Trinajstić information content (AvgIpc) is 2.94. The molecule has 0 unspecified atom stereocenters. The highest BCUT2D eigenvalue weighted by atomic mass is 16.1. The molecular weight excluding hydrogens is 286 g/mol. The van der Waals surface area contributed by atoms with E-state index in [9.17, 15) is 4.79 Å². The molecule has 0 atom stereocenters. The molecule has 1 N–H and O–H groups in total. The van der Waals surface area contributed by atoms with Crippen LogP contribution in [0.4, 0.5) is 5.82 Å². The summed E-state index contributed by atoms with van der Waals surface area (Å²) >= 11 is 0. The number of benzene rings is 2. The number of amides is 1. The maximum Gasteiger partial charge on any atom is 0.229 e. The molecular formula is C19H21N3O. The van der Waals surface area contributed by atoms with Crippen molar-refractivity contribution in [3.05, 3.63) is 60.3 Å². The SMILES string of the molecule is CC(C)Cn1nccc1NC(=O)Cc1cccc2ccccc12. The highest BCUT2D eigenvalue weighted by Crippen LogP contribution is 2.19. The molecule has 23 heavy (non-hydrogen) atoms. The molecule has 1 heterocycles. The van der Waals surface area contributed by atoms with Crippen molar-refractivity contribution in [2.24, 2.45) is 5.92 Å². The van der Waals surface area contributed by atoms with E-state index in [-0.39, 0.29) is 5.91 Å². The third kappa shape index (κ3) is 3.59. The summed E-state index contributed by atoms with van der Waals surface area (Å²) in [6.07, 6.45) is 2.07. The van der Waals surface area contributed by atoms with E-state index in [1.54, 1.807) is 6.20 Å². The Balaban J connectivity index is 1.76. The van der Waals surface area contributed by atoms with Crippen LogP contribution in [0.15, 0.2) is 54.7 Å². The first-order chi connectivity index (χ1) is 11.1. The zero-order chi connectivity index (χ0) is 16.2. The molecule has 0 spiro atoms. The minimum Gasteiger partial charge on any atom is -0.311 e. The number of anilines is 1. The molecule has 4 nitrogen and oxygen atoms in total. The molecule has 0 aliphatic heterocycles. The Morgan fingerprint density at radius 1 is 1.13 bits per heavy atom. The van der Waals surface area contributed by atoms with E-state index in [0.717, 1.165) is 28.7 Å². The molecule has 1 amide bonds. The van der Waals surface area contributed by atoms with Gasteiger partial charge in [-0.3, -0.25) is 4.79 Å². The van der Waals surface area contributed by atoms with Gasteiger partial charge in [0.2, 0.25) is 5.91 Å². The maximum atomic E-state index is 12.4. The first kappa shape index (κ1) is 15.3. The lowest BCUT2D eigenvalue weighted by Crippen LogP contribution is -2.18. The number of fused-ring (bicyclic) bond motifs is 1. The molecule has 0 aliphatic rings. The Bertz CT molecular complexity index is 815. The summed E-state index contributed by atoms with van der Waals surface area (Å²) in [6.45, 7) is 5.05. The van der Waals surface area contributed by atoms with Crippen molar-refractivity contribution in [2.45, 2.75) is 26.8 Å². The number of hydrogen-bond donors (Lipinski definition) is 1. The van der Waals surface area contributed by atoms with Crippen molar-refractivity contribution in [1.29, 1.82) is 0 Å². The monoisotopic (exact) mass is 307 g/mol. The van der Waals surface area contributed by atoms with Gasteiger partial charge in [0.1, 0.15) is 5.82 Å². The maximum absolute atomic E-state index is 12.4. The van der Waals surface area contributed by atoms with Gasteiger partial charge in [0.25, 0.3) is 0 Å². The van der Waals surface area contributed by atoms with E-state index >= 15 is 0 Å². The average molecular weight is 307 g/mol. The van der Waals surface area contributed by atoms with Crippen molar-refractivity contribution >= 4 is 22.5 Å². The van der Waals surface area contributed by atoms with Crippen molar-refractivity contribution in [3.8, 4) is 0 Å². The van der Waals surface area contributed by atoms with Gasteiger partial charge in [-0.15, -0.1) is 0 Å². The molecule has 0 fully saturated rings. The smallest absolute Gasteiger partial charge is 0.229 e. The lowest BCUT2D eigenvalue weighted by molar-refractivity contribution is -0.115. The predicted molar refractivity (Wildman–Crippen MR) is 93.3 cm³/mol. The van der Waals surface area contributed by atoms with Crippen molar-refractivity contribution in [2.75, 3.05) is 5.32 Å². The fourth-order valence-corrected chi connectivity index (χ4v) is 2.74. The summed E-state index contributed by atoms with van der Waals surface area (Å²) in [7, 11) is 0. The standard InChI is InChI=1S/C19H21N3O/c1-14(2)13-22-18(10-11-20-22)21-19(23)12-16-8-5-7-15-6-3-4-9-17(15)16/h3-11,14H,12-13H2,1-2H3,(H,21,23). The Labute approximate surface area is 136 Å². The Morgan fingerprint density at radius 3 is 2.74 bits per heavy atom. The van der Waals surface area contributed by atoms with Crippen LogP contribution in [-0.2, 0) is 17.8 Å². The Kier molecular flexibility index (Phi) is 4.42. The van der Waals surface area contributed by atoms with E-state index in [1.807, 2.05) is 35.0 Å². The van der Waals surface area contributed by atoms with Crippen LogP contribution >= 0.6 is 0 Å². The molecule has 0 radical (unpaired) electrons. The van der Waals surface area contributed by atoms with Crippen LogP contribution in [0.5, 0.6) is 0 Å². The van der Waals surface area contributed by atoms with E-state index in [4.69, 9.17) is 0 Å². The second-order valence-electron chi connectivity index (χ2n) is 6.16. The van der Waals surface area contributed by atoms with Gasteiger partial charge in [0.15, 0.2) is 0 Å². The molecule has 2 aromatic carbocycles. The number of nitrogens with one attached hydrogen (secondary N) is 1. The summed E-state index contributed by atoms with van der Waals surface area (Å²) in [5.41, 5.74) is 1.04. The first-order valence-electron chi connectivity index (χ1n) is 7.92. The molecule has 0 bridgehead atoms. The lowest BCUT2D eigenvalue weighted by Gasteiger charge is -2.11. The lowest BCUT2D eigenvalue weighted by atomic mass is 10.0. The van der Waals surface area contributed by atoms with E-state index in [1.165, 1.54) is 0 Å². The van der Waals surface area contributed by atoms with Gasteiger partial charge in [-0.05, 0) is 22.3 Å². The first-order valence-corrected chi connectivity index (χ1v) is 7.92. The third-order valence-corrected chi connectivity index (χ3v) is 3.75. The molecule has 4 heteroatoms. The number of carbonyl (C=O) groups excluding carboxylic acids is 1. The van der Waals surface area contributed by atoms with Crippen molar-refractivity contribution in [1.82, 2.24) is 9.78 Å². The van der Waals surface area contributed by atoms with Gasteiger partial charge in [-0.1, -0.05) is 56.3 Å². The van der Waals surface area contributed by atoms with E-state index in [0.29, 0.717) is 12.3 Å². The van der Waals surface area contributed by atoms with Crippen LogP contribution in [0.1, 0.15) is 19.4 Å². The quantitative estimate of drug-likeness (QED) is 0.777. The molecule has 0 saturated carbocycles. The van der Waals surface area contributed by atoms with Gasteiger partial charge >= 0.3 is 0 Å². The molecule has 0 saturated heterocycles. The number of hydrogen-bond acceptors (Lipinski definition) is 2. The highest BCUT2D eigenvalue weighted by Gasteiger charge is 2.10. The summed E-state index contributed by atoms with van der Waals surface area (Å²) < 4.78 is 1.84. The van der Waals surface area contributed by atoms with Gasteiger partial charge in [0, 0.05) is 12.6 Å². The van der Waals surface area contributed by atoms with E-state index < -0.39 is 0 Å². The summed E-state index contributed by atoms with van der Waals surface area (Å²) in [4.78, 5) is 12.4. The normalized spacial score (nSPS) is 11.1. The molecule has 1 aromatic heterocycles. The fourth-order valence-electron chi connectivity index (χ4n) is 2.74. The summed E-state index contributed by atoms with van der Waals surface area (Å²) in [5, 5.41) is 9.52. The number of rotatable bonds is 5. The zero-order valence-corrected chi connectivity index (χ0v) is 13.5. The summed E-state index contributed by atoms with van der Waals surface area (Å²) in [5.74, 6) is 1.21. The van der Waals surface area contributed by atoms with Crippen LogP contribution in [0.2, 0.25) is 0 Å². The third-order valence-electron chi connectivity index (χ3n) is 3.75. The van der Waals surface area contributed by atoms with Crippen LogP contribution in [0, 0.1) is 5.92 Å². The van der Waals surface area contributed by atoms with Gasteiger partial charge in [-0.25, -0.2) is 4.68 Å². The molecule has 118 valence electrons. The second kappa shape index (κ2) is 6.65. The second-order valence-corrected chi connectivity index (χ2v) is 6.16. The van der Waals surface area contributed by atoms with Crippen LogP contribution < -0.4 is 5.32 Å². The largest absolute Gasteiger partial charge is 0.311 e. The van der Waals surface area contributed by atoms with Crippen molar-refractivity contribution < 1.29 is 4.79 Å². The Hall–Kier alpha value is -2.62. The topological polar surface area (TPSA) is 46.9 Å². The van der Waals surface area contributed by atoms with E-state index in [2.05, 4.69) is 42.5 Å². The molecule has 3 aromatic rings. The minimum atomic E-state index is -0.0214. The van der Waals surface area contributed by atoms with Gasteiger partial charge in [-0.2, -0.15) is 5.10 Å². The zero-order valence-electron chi connectivity index (χ0n) is 13.5. The molecule has 0 aliphatic carbocycles. The molecule has 3 rings (SSSR count). The Morgan fingerprint density at radius 2 is 1.91 bits per heavy atom. The number of aromatic nitrogens is 2. The van der Waals surface area contributed by atoms with Crippen LogP contribution in [-0.4, -0.2) is 15.7 Å². The predicted octanol–water partition coefficient (Wildman–Crippen LogP) is 3.87. The highest BCUT2D eigenvalue weighted by molar-refractivity contribution is 5.95.